The maximum absolute atomic E-state index is 12.6. The molecule has 0 radical (unpaired) electrons. The third-order valence-corrected chi connectivity index (χ3v) is 5.28. The van der Waals surface area contributed by atoms with Crippen molar-refractivity contribution in [3.8, 4) is 0 Å². The minimum atomic E-state index is -3.97. The fourth-order valence-corrected chi connectivity index (χ4v) is 3.90. The molecule has 3 N–H and O–H groups in total. The van der Waals surface area contributed by atoms with Crippen LogP contribution in [0.15, 0.2) is 23.1 Å². The van der Waals surface area contributed by atoms with Gasteiger partial charge in [-0.1, -0.05) is 0 Å². The Hall–Kier alpha value is -1.75. The van der Waals surface area contributed by atoms with E-state index in [1.807, 2.05) is 0 Å². The van der Waals surface area contributed by atoms with Gasteiger partial charge in [0.1, 0.15) is 0 Å². The van der Waals surface area contributed by atoms with Gasteiger partial charge in [0.15, 0.2) is 4.90 Å². The molecule has 1 atom stereocenters. The summed E-state index contributed by atoms with van der Waals surface area (Å²) in [4.78, 5) is 10.0. The lowest BCUT2D eigenvalue weighted by Crippen LogP contribution is -2.47. The standard InChI is InChI=1S/C11H16N4O5S/c1-8-7-20-5-4-14(8)21(18,19)11-3-2-9(13-12)6-10(11)15(16)17/h2-3,6,8,13H,4-5,7,12H2,1H3. The lowest BCUT2D eigenvalue weighted by Gasteiger charge is -2.32. The number of nitrogen functional groups attached to an aromatic ring is 1. The van der Waals surface area contributed by atoms with Gasteiger partial charge in [0.2, 0.25) is 10.0 Å². The average Bonchev–Trinajstić information content (AvgIpc) is 2.46. The molecule has 0 aliphatic carbocycles. The van der Waals surface area contributed by atoms with Crippen molar-refractivity contribution in [3.05, 3.63) is 28.3 Å². The summed E-state index contributed by atoms with van der Waals surface area (Å²) in [6, 6.07) is 3.28. The molecule has 1 unspecified atom stereocenters. The first-order valence-corrected chi connectivity index (χ1v) is 7.66. The number of nitro groups is 1. The average molecular weight is 316 g/mol. The normalized spacial score (nSPS) is 20.2. The van der Waals surface area contributed by atoms with Crippen molar-refractivity contribution >= 4 is 21.4 Å². The lowest BCUT2D eigenvalue weighted by atomic mass is 10.3. The number of nitrogens with zero attached hydrogens (tertiary/aromatic N) is 2. The summed E-state index contributed by atoms with van der Waals surface area (Å²) in [6.07, 6.45) is 0. The lowest BCUT2D eigenvalue weighted by molar-refractivity contribution is -0.387. The summed E-state index contributed by atoms with van der Waals surface area (Å²) in [6.45, 7) is 2.38. The summed E-state index contributed by atoms with van der Waals surface area (Å²) in [5.41, 5.74) is 2.01. The zero-order valence-electron chi connectivity index (χ0n) is 11.4. The molecule has 2 rings (SSSR count). The molecule has 0 bridgehead atoms. The second kappa shape index (κ2) is 5.93. The molecule has 0 spiro atoms. The van der Waals surface area contributed by atoms with Crippen LogP contribution in [0, 0.1) is 10.1 Å². The van der Waals surface area contributed by atoms with Crippen LogP contribution in [0.25, 0.3) is 0 Å². The number of morpholine rings is 1. The van der Waals surface area contributed by atoms with Crippen LogP contribution in [0.5, 0.6) is 0 Å². The van der Waals surface area contributed by atoms with Crippen LogP contribution in [0.2, 0.25) is 0 Å². The van der Waals surface area contributed by atoms with E-state index in [2.05, 4.69) is 5.43 Å². The van der Waals surface area contributed by atoms with Gasteiger partial charge in [0.05, 0.1) is 23.8 Å². The van der Waals surface area contributed by atoms with Gasteiger partial charge in [-0.2, -0.15) is 4.31 Å². The van der Waals surface area contributed by atoms with Gasteiger partial charge in [0.25, 0.3) is 5.69 Å². The number of nitrogens with two attached hydrogens (primary N) is 1. The van der Waals surface area contributed by atoms with Crippen molar-refractivity contribution in [2.24, 2.45) is 5.84 Å². The topological polar surface area (TPSA) is 128 Å². The minimum absolute atomic E-state index is 0.164. The first-order valence-electron chi connectivity index (χ1n) is 6.22. The molecule has 1 aromatic rings. The van der Waals surface area contributed by atoms with E-state index in [1.165, 1.54) is 16.4 Å². The Bertz CT molecular complexity index is 648. The SMILES string of the molecule is CC1COCCN1S(=O)(=O)c1ccc(NN)cc1[N+](=O)[O-]. The Morgan fingerprint density at radius 1 is 1.52 bits per heavy atom. The van der Waals surface area contributed by atoms with Crippen LogP contribution in [-0.4, -0.2) is 43.4 Å². The van der Waals surface area contributed by atoms with Crippen LogP contribution >= 0.6 is 0 Å². The van der Waals surface area contributed by atoms with Crippen molar-refractivity contribution < 1.29 is 18.1 Å². The number of nitro benzene ring substituents is 1. The quantitative estimate of drug-likeness (QED) is 0.464. The predicted octanol–water partition coefficient (Wildman–Crippen LogP) is 0.290. The number of nitrogens with one attached hydrogen (secondary N) is 1. The van der Waals surface area contributed by atoms with Gasteiger partial charge in [0, 0.05) is 18.7 Å². The van der Waals surface area contributed by atoms with Crippen molar-refractivity contribution in [3.63, 3.8) is 0 Å². The van der Waals surface area contributed by atoms with Gasteiger partial charge in [-0.15, -0.1) is 0 Å². The molecule has 0 aromatic heterocycles. The van der Waals surface area contributed by atoms with Gasteiger partial charge in [-0.3, -0.25) is 16.0 Å². The Morgan fingerprint density at radius 2 is 2.24 bits per heavy atom. The Labute approximate surface area is 121 Å². The monoisotopic (exact) mass is 316 g/mol. The largest absolute Gasteiger partial charge is 0.378 e. The van der Waals surface area contributed by atoms with Crippen molar-refractivity contribution in [1.29, 1.82) is 0 Å². The summed E-state index contributed by atoms with van der Waals surface area (Å²) < 4.78 is 31.7. The van der Waals surface area contributed by atoms with Gasteiger partial charge in [-0.25, -0.2) is 8.42 Å². The van der Waals surface area contributed by atoms with Crippen molar-refractivity contribution in [2.45, 2.75) is 17.9 Å². The summed E-state index contributed by atoms with van der Waals surface area (Å²) in [7, 11) is -3.97. The second-order valence-corrected chi connectivity index (χ2v) is 6.48. The molecular formula is C11H16N4O5S. The third kappa shape index (κ3) is 2.97. The molecule has 116 valence electrons. The van der Waals surface area contributed by atoms with E-state index in [9.17, 15) is 18.5 Å². The van der Waals surface area contributed by atoms with E-state index < -0.39 is 20.6 Å². The molecule has 0 amide bonds. The summed E-state index contributed by atoms with van der Waals surface area (Å²) in [5.74, 6) is 5.19. The van der Waals surface area contributed by atoms with E-state index in [0.717, 1.165) is 6.07 Å². The van der Waals surface area contributed by atoms with Gasteiger partial charge >= 0.3 is 0 Å². The highest BCUT2D eigenvalue weighted by Crippen LogP contribution is 2.30. The number of benzene rings is 1. The fraction of sp³-hybridized carbons (Fsp3) is 0.455. The molecule has 0 saturated carbocycles. The van der Waals surface area contributed by atoms with E-state index in [4.69, 9.17) is 10.6 Å². The maximum Gasteiger partial charge on any atom is 0.291 e. The minimum Gasteiger partial charge on any atom is -0.378 e. The Balaban J connectivity index is 2.51. The molecule has 1 fully saturated rings. The van der Waals surface area contributed by atoms with Crippen LogP contribution in [0.3, 0.4) is 0 Å². The first kappa shape index (κ1) is 15.6. The Morgan fingerprint density at radius 3 is 2.81 bits per heavy atom. The van der Waals surface area contributed by atoms with Gasteiger partial charge in [-0.05, 0) is 19.1 Å². The zero-order valence-corrected chi connectivity index (χ0v) is 12.2. The number of hydrogen-bond donors (Lipinski definition) is 2. The molecule has 9 nitrogen and oxygen atoms in total. The van der Waals surface area contributed by atoms with E-state index in [-0.39, 0.29) is 36.4 Å². The van der Waals surface area contributed by atoms with E-state index in [0.29, 0.717) is 0 Å². The molecule has 1 heterocycles. The zero-order chi connectivity index (χ0) is 15.6. The number of sulfonamides is 1. The number of ether oxygens (including phenoxy) is 1. The highest BCUT2D eigenvalue weighted by Gasteiger charge is 2.36. The van der Waals surface area contributed by atoms with Crippen LogP contribution in [-0.2, 0) is 14.8 Å². The van der Waals surface area contributed by atoms with Crippen molar-refractivity contribution in [1.82, 2.24) is 4.31 Å². The number of hydrogen-bond acceptors (Lipinski definition) is 7. The highest BCUT2D eigenvalue weighted by molar-refractivity contribution is 7.89. The molecule has 1 aliphatic rings. The smallest absolute Gasteiger partial charge is 0.291 e. The molecular weight excluding hydrogens is 300 g/mol. The fourth-order valence-electron chi connectivity index (χ4n) is 2.16. The van der Waals surface area contributed by atoms with Crippen LogP contribution in [0.4, 0.5) is 11.4 Å². The molecule has 21 heavy (non-hydrogen) atoms. The third-order valence-electron chi connectivity index (χ3n) is 3.22. The second-order valence-electron chi connectivity index (χ2n) is 4.62. The maximum atomic E-state index is 12.6. The highest BCUT2D eigenvalue weighted by atomic mass is 32.2. The molecule has 1 aliphatic heterocycles. The van der Waals surface area contributed by atoms with Crippen molar-refractivity contribution in [2.75, 3.05) is 25.2 Å². The van der Waals surface area contributed by atoms with Crippen LogP contribution in [0.1, 0.15) is 6.92 Å². The molecule has 1 aromatic carbocycles. The van der Waals surface area contributed by atoms with E-state index in [1.54, 1.807) is 6.92 Å². The number of anilines is 1. The molecule has 10 heteroatoms. The number of rotatable bonds is 4. The van der Waals surface area contributed by atoms with E-state index >= 15 is 0 Å². The summed E-state index contributed by atoms with van der Waals surface area (Å²) >= 11 is 0. The summed E-state index contributed by atoms with van der Waals surface area (Å²) in [5, 5.41) is 11.1. The van der Waals surface area contributed by atoms with Gasteiger partial charge < -0.3 is 10.2 Å². The number of hydrazine groups is 1. The Kier molecular flexibility index (Phi) is 4.42. The van der Waals surface area contributed by atoms with Crippen LogP contribution < -0.4 is 11.3 Å². The predicted molar refractivity (Wildman–Crippen MR) is 75.1 cm³/mol. The molecule has 1 saturated heterocycles. The first-order chi connectivity index (χ1) is 9.87.